The zero-order chi connectivity index (χ0) is 12.4. The lowest BCUT2D eigenvalue weighted by Gasteiger charge is -2.17. The number of hydrogen-bond donors (Lipinski definition) is 2. The molecule has 0 unspecified atom stereocenters. The fraction of sp³-hybridized carbons (Fsp3) is 0.600. The van der Waals surface area contributed by atoms with E-state index in [-0.39, 0.29) is 11.9 Å². The van der Waals surface area contributed by atoms with Gasteiger partial charge in [0.15, 0.2) is 6.23 Å². The van der Waals surface area contributed by atoms with Gasteiger partial charge in [-0.1, -0.05) is 0 Å². The van der Waals surface area contributed by atoms with Gasteiger partial charge in [-0.15, -0.1) is 0 Å². The fourth-order valence-electron chi connectivity index (χ4n) is 1.89. The molecule has 7 nitrogen and oxygen atoms in total. The van der Waals surface area contributed by atoms with Gasteiger partial charge in [-0.05, 0) is 6.07 Å². The van der Waals surface area contributed by atoms with Crippen LogP contribution in [-0.2, 0) is 9.47 Å². The first-order valence-electron chi connectivity index (χ1n) is 5.29. The van der Waals surface area contributed by atoms with Crippen LogP contribution in [0.1, 0.15) is 12.6 Å². The van der Waals surface area contributed by atoms with Gasteiger partial charge in [0.25, 0.3) is 0 Å². The molecule has 17 heavy (non-hydrogen) atoms. The van der Waals surface area contributed by atoms with Crippen LogP contribution in [0, 0.1) is 0 Å². The Bertz CT molecular complexity index is 447. The van der Waals surface area contributed by atoms with Crippen LogP contribution < -0.4 is 11.4 Å². The molecule has 0 amide bonds. The van der Waals surface area contributed by atoms with Gasteiger partial charge in [-0.25, -0.2) is 4.79 Å². The van der Waals surface area contributed by atoms with Crippen LogP contribution in [0.4, 0.5) is 5.82 Å². The van der Waals surface area contributed by atoms with Crippen LogP contribution in [0.15, 0.2) is 17.1 Å². The van der Waals surface area contributed by atoms with E-state index in [0.717, 1.165) is 0 Å². The first-order valence-corrected chi connectivity index (χ1v) is 5.29. The van der Waals surface area contributed by atoms with Crippen molar-refractivity contribution in [2.24, 2.45) is 0 Å². The Labute approximate surface area is 97.8 Å². The van der Waals surface area contributed by atoms with Gasteiger partial charge >= 0.3 is 5.69 Å². The van der Waals surface area contributed by atoms with Gasteiger partial charge in [0.2, 0.25) is 0 Å². The summed E-state index contributed by atoms with van der Waals surface area (Å²) < 4.78 is 11.7. The SMILES string of the molecule is COC[C@@H]1C[C@@H](O)[C@H](n2ccc(N)nc2=O)O1. The first-order chi connectivity index (χ1) is 8.11. The quantitative estimate of drug-likeness (QED) is 0.713. The monoisotopic (exact) mass is 241 g/mol. The number of hydrogen-bond acceptors (Lipinski definition) is 6. The van der Waals surface area contributed by atoms with Crippen LogP contribution in [0.5, 0.6) is 0 Å². The Morgan fingerprint density at radius 2 is 2.53 bits per heavy atom. The Kier molecular flexibility index (Phi) is 3.41. The number of nitrogens with zero attached hydrogens (tertiary/aromatic N) is 2. The maximum absolute atomic E-state index is 11.6. The van der Waals surface area contributed by atoms with Gasteiger partial charge in [0, 0.05) is 19.7 Å². The van der Waals surface area contributed by atoms with E-state index >= 15 is 0 Å². The smallest absolute Gasteiger partial charge is 0.351 e. The van der Waals surface area contributed by atoms with E-state index in [1.54, 1.807) is 7.11 Å². The predicted octanol–water partition coefficient (Wildman–Crippen LogP) is -0.880. The second-order valence-electron chi connectivity index (χ2n) is 3.95. The van der Waals surface area contributed by atoms with Crippen molar-refractivity contribution < 1.29 is 14.6 Å². The van der Waals surface area contributed by atoms with E-state index in [1.165, 1.54) is 16.8 Å². The summed E-state index contributed by atoms with van der Waals surface area (Å²) in [5.74, 6) is 0.146. The van der Waals surface area contributed by atoms with Crippen LogP contribution in [-0.4, -0.2) is 40.6 Å². The molecule has 0 bridgehead atoms. The van der Waals surface area contributed by atoms with Crippen molar-refractivity contribution in [1.29, 1.82) is 0 Å². The molecule has 3 N–H and O–H groups in total. The van der Waals surface area contributed by atoms with Gasteiger partial charge in [-0.2, -0.15) is 4.98 Å². The molecule has 0 radical (unpaired) electrons. The van der Waals surface area contributed by atoms with E-state index < -0.39 is 18.0 Å². The number of aromatic nitrogens is 2. The van der Waals surface area contributed by atoms with Crippen molar-refractivity contribution in [2.45, 2.75) is 24.9 Å². The Morgan fingerprint density at radius 1 is 1.76 bits per heavy atom. The molecule has 2 heterocycles. The highest BCUT2D eigenvalue weighted by Gasteiger charge is 2.35. The molecule has 1 aromatic rings. The molecular formula is C10H15N3O4. The van der Waals surface area contributed by atoms with E-state index in [2.05, 4.69) is 4.98 Å². The van der Waals surface area contributed by atoms with E-state index in [4.69, 9.17) is 15.2 Å². The molecule has 0 spiro atoms. The number of rotatable bonds is 3. The first kappa shape index (κ1) is 12.0. The third-order valence-corrected chi connectivity index (χ3v) is 2.64. The van der Waals surface area contributed by atoms with Crippen LogP contribution in [0.25, 0.3) is 0 Å². The second kappa shape index (κ2) is 4.82. The standard InChI is InChI=1S/C10H15N3O4/c1-16-5-6-4-7(14)9(17-6)13-3-2-8(11)12-10(13)15/h2-3,6-7,9,14H,4-5H2,1H3,(H2,11,12,15)/t6-,7+,9+/m0/s1. The number of nitrogen functional groups attached to an aromatic ring is 1. The van der Waals surface area contributed by atoms with Gasteiger partial charge in [0.05, 0.1) is 12.7 Å². The maximum atomic E-state index is 11.6. The average Bonchev–Trinajstić information content (AvgIpc) is 2.60. The number of aliphatic hydroxyl groups excluding tert-OH is 1. The van der Waals surface area contributed by atoms with Gasteiger partial charge in [0.1, 0.15) is 11.9 Å². The Hall–Kier alpha value is -1.44. The minimum absolute atomic E-state index is 0.146. The molecule has 0 aliphatic carbocycles. The minimum atomic E-state index is -0.752. The van der Waals surface area contributed by atoms with Gasteiger partial charge < -0.3 is 20.3 Å². The molecule has 94 valence electrons. The van der Waals surface area contributed by atoms with E-state index in [1.807, 2.05) is 0 Å². The maximum Gasteiger partial charge on any atom is 0.351 e. The molecule has 1 aromatic heterocycles. The summed E-state index contributed by atoms with van der Waals surface area (Å²) >= 11 is 0. The average molecular weight is 241 g/mol. The fourth-order valence-corrected chi connectivity index (χ4v) is 1.89. The van der Waals surface area contributed by atoms with Gasteiger partial charge in [-0.3, -0.25) is 4.57 Å². The number of anilines is 1. The molecule has 0 saturated carbocycles. The zero-order valence-electron chi connectivity index (χ0n) is 9.44. The highest BCUT2D eigenvalue weighted by Crippen LogP contribution is 2.27. The summed E-state index contributed by atoms with van der Waals surface area (Å²) in [7, 11) is 1.56. The van der Waals surface area contributed by atoms with Crippen LogP contribution in [0.2, 0.25) is 0 Å². The normalized spacial score (nSPS) is 28.5. The Balaban J connectivity index is 2.20. The molecule has 1 saturated heterocycles. The summed E-state index contributed by atoms with van der Waals surface area (Å²) in [6.07, 6.45) is 0.196. The molecule has 7 heteroatoms. The third-order valence-electron chi connectivity index (χ3n) is 2.64. The van der Waals surface area contributed by atoms with Crippen molar-refractivity contribution >= 4 is 5.82 Å². The highest BCUT2D eigenvalue weighted by molar-refractivity contribution is 5.23. The molecule has 1 fully saturated rings. The lowest BCUT2D eigenvalue weighted by atomic mass is 10.2. The summed E-state index contributed by atoms with van der Waals surface area (Å²) in [5.41, 5.74) is 4.85. The Morgan fingerprint density at radius 3 is 3.18 bits per heavy atom. The molecule has 1 aliphatic heterocycles. The number of nitrogens with two attached hydrogens (primary N) is 1. The molecule has 0 aromatic carbocycles. The van der Waals surface area contributed by atoms with Crippen molar-refractivity contribution in [3.05, 3.63) is 22.7 Å². The molecule has 3 atom stereocenters. The largest absolute Gasteiger partial charge is 0.388 e. The number of methoxy groups -OCH3 is 1. The molecule has 2 rings (SSSR count). The van der Waals surface area contributed by atoms with E-state index in [0.29, 0.717) is 13.0 Å². The highest BCUT2D eigenvalue weighted by atomic mass is 16.6. The second-order valence-corrected chi connectivity index (χ2v) is 3.95. The summed E-state index contributed by atoms with van der Waals surface area (Å²) in [6.45, 7) is 0.380. The molecular weight excluding hydrogens is 226 g/mol. The summed E-state index contributed by atoms with van der Waals surface area (Å²) in [6, 6.07) is 1.49. The lowest BCUT2D eigenvalue weighted by Crippen LogP contribution is -2.31. The van der Waals surface area contributed by atoms with Crippen LogP contribution in [0.3, 0.4) is 0 Å². The van der Waals surface area contributed by atoms with Crippen molar-refractivity contribution in [3.8, 4) is 0 Å². The van der Waals surface area contributed by atoms with E-state index in [9.17, 15) is 9.90 Å². The predicted molar refractivity (Wildman–Crippen MR) is 59.3 cm³/mol. The van der Waals surface area contributed by atoms with Crippen molar-refractivity contribution in [1.82, 2.24) is 9.55 Å². The van der Waals surface area contributed by atoms with Crippen LogP contribution >= 0.6 is 0 Å². The topological polar surface area (TPSA) is 99.6 Å². The summed E-state index contributed by atoms with van der Waals surface area (Å²) in [4.78, 5) is 15.2. The zero-order valence-corrected chi connectivity index (χ0v) is 9.44. The molecule has 1 aliphatic rings. The number of aliphatic hydroxyl groups is 1. The van der Waals surface area contributed by atoms with Crippen molar-refractivity contribution in [2.75, 3.05) is 19.5 Å². The third kappa shape index (κ3) is 2.46. The van der Waals surface area contributed by atoms with Crippen molar-refractivity contribution in [3.63, 3.8) is 0 Å². The number of ether oxygens (including phenoxy) is 2. The lowest BCUT2D eigenvalue weighted by molar-refractivity contribution is -0.0581. The minimum Gasteiger partial charge on any atom is -0.388 e. The summed E-state index contributed by atoms with van der Waals surface area (Å²) in [5, 5.41) is 9.83.